The van der Waals surface area contributed by atoms with E-state index in [2.05, 4.69) is 79.7 Å². The number of benzene rings is 1. The van der Waals surface area contributed by atoms with Crippen LogP contribution in [0.4, 0.5) is 0 Å². The van der Waals surface area contributed by atoms with Gasteiger partial charge in [-0.25, -0.2) is 0 Å². The van der Waals surface area contributed by atoms with Crippen LogP contribution in [0.5, 0.6) is 11.5 Å². The third-order valence-corrected chi connectivity index (χ3v) is 4.78. The molecule has 0 amide bonds. The Kier molecular flexibility index (Phi) is 8.91. The highest BCUT2D eigenvalue weighted by Gasteiger charge is 2.23. The Morgan fingerprint density at radius 1 is 0.963 bits per heavy atom. The van der Waals surface area contributed by atoms with Crippen molar-refractivity contribution < 1.29 is 9.47 Å². The Bertz CT molecular complexity index is 600. The molecule has 0 saturated carbocycles. The molecule has 2 heteroatoms. The van der Waals surface area contributed by atoms with Gasteiger partial charge in [0.15, 0.2) is 0 Å². The van der Waals surface area contributed by atoms with E-state index < -0.39 is 0 Å². The molecule has 0 aromatic heterocycles. The molecule has 154 valence electrons. The van der Waals surface area contributed by atoms with Gasteiger partial charge in [0.05, 0.1) is 13.2 Å². The summed E-state index contributed by atoms with van der Waals surface area (Å²) >= 11 is 0. The largest absolute Gasteiger partial charge is 0.496 e. The third kappa shape index (κ3) is 7.99. The quantitative estimate of drug-likeness (QED) is 0.411. The average molecular weight is 375 g/mol. The van der Waals surface area contributed by atoms with Crippen LogP contribution in [0.3, 0.4) is 0 Å². The standard InChI is InChI=1S/C25H42O2/c1-10-12-13-14-20(11-2)27-23-17-19(15-16-24(3,4)5)22(26-9)18-21(23)25(6,7)8/h15-18,20H,10-14H2,1-9H3/b16-15+. The second kappa shape index (κ2) is 10.2. The van der Waals surface area contributed by atoms with Gasteiger partial charge in [0.2, 0.25) is 0 Å². The van der Waals surface area contributed by atoms with Crippen molar-refractivity contribution >= 4 is 6.08 Å². The summed E-state index contributed by atoms with van der Waals surface area (Å²) in [5.74, 6) is 1.91. The van der Waals surface area contributed by atoms with Crippen molar-refractivity contribution in [3.8, 4) is 11.5 Å². The van der Waals surface area contributed by atoms with Crippen LogP contribution in [0.1, 0.15) is 98.6 Å². The van der Waals surface area contributed by atoms with Crippen LogP contribution in [0.25, 0.3) is 6.08 Å². The fraction of sp³-hybridized carbons (Fsp3) is 0.680. The molecule has 0 fully saturated rings. The third-order valence-electron chi connectivity index (χ3n) is 4.78. The first-order valence-corrected chi connectivity index (χ1v) is 10.6. The SMILES string of the molecule is CCCCCC(CC)Oc1cc(/C=C/C(C)(C)C)c(OC)cc1C(C)(C)C. The van der Waals surface area contributed by atoms with Gasteiger partial charge in [-0.15, -0.1) is 0 Å². The number of rotatable bonds is 9. The molecular formula is C25H42O2. The Balaban J connectivity index is 3.30. The maximum Gasteiger partial charge on any atom is 0.126 e. The summed E-state index contributed by atoms with van der Waals surface area (Å²) in [4.78, 5) is 0. The van der Waals surface area contributed by atoms with Gasteiger partial charge < -0.3 is 9.47 Å². The van der Waals surface area contributed by atoms with E-state index in [0.717, 1.165) is 29.9 Å². The molecule has 0 aliphatic heterocycles. The average Bonchev–Trinajstić information content (AvgIpc) is 2.57. The maximum absolute atomic E-state index is 6.55. The highest BCUT2D eigenvalue weighted by Crippen LogP contribution is 2.38. The predicted octanol–water partition coefficient (Wildman–Crippen LogP) is 7.79. The summed E-state index contributed by atoms with van der Waals surface area (Å²) in [7, 11) is 1.75. The second-order valence-electron chi connectivity index (χ2n) is 9.68. The highest BCUT2D eigenvalue weighted by molar-refractivity contribution is 5.63. The zero-order valence-corrected chi connectivity index (χ0v) is 19.2. The minimum absolute atomic E-state index is 0.00338. The molecule has 0 aliphatic rings. The number of ether oxygens (including phenoxy) is 2. The smallest absolute Gasteiger partial charge is 0.126 e. The molecule has 0 bridgehead atoms. The number of methoxy groups -OCH3 is 1. The summed E-state index contributed by atoms with van der Waals surface area (Å²) < 4.78 is 12.3. The number of unbranched alkanes of at least 4 members (excludes halogenated alkanes) is 2. The van der Waals surface area contributed by atoms with Crippen LogP contribution in [0, 0.1) is 5.41 Å². The van der Waals surface area contributed by atoms with Crippen molar-refractivity contribution in [3.63, 3.8) is 0 Å². The normalized spacial score (nSPS) is 13.8. The summed E-state index contributed by atoms with van der Waals surface area (Å²) in [5.41, 5.74) is 2.41. The number of hydrogen-bond acceptors (Lipinski definition) is 2. The molecule has 0 spiro atoms. The van der Waals surface area contributed by atoms with Crippen molar-refractivity contribution in [3.05, 3.63) is 29.3 Å². The van der Waals surface area contributed by atoms with Gasteiger partial charge in [-0.1, -0.05) is 80.4 Å². The zero-order chi connectivity index (χ0) is 20.7. The van der Waals surface area contributed by atoms with Crippen LogP contribution >= 0.6 is 0 Å². The van der Waals surface area contributed by atoms with Gasteiger partial charge in [-0.3, -0.25) is 0 Å². The summed E-state index contributed by atoms with van der Waals surface area (Å²) in [6, 6.07) is 4.33. The lowest BCUT2D eigenvalue weighted by Gasteiger charge is -2.27. The Morgan fingerprint density at radius 3 is 2.11 bits per heavy atom. The molecule has 0 N–H and O–H groups in total. The number of hydrogen-bond donors (Lipinski definition) is 0. The fourth-order valence-electron chi connectivity index (χ4n) is 3.05. The van der Waals surface area contributed by atoms with Crippen LogP contribution in [-0.2, 0) is 5.41 Å². The molecular weight excluding hydrogens is 332 g/mol. The maximum atomic E-state index is 6.55. The fourth-order valence-corrected chi connectivity index (χ4v) is 3.05. The number of allylic oxidation sites excluding steroid dienone is 1. The minimum atomic E-state index is -0.00338. The van der Waals surface area contributed by atoms with E-state index >= 15 is 0 Å². The minimum Gasteiger partial charge on any atom is -0.496 e. The van der Waals surface area contributed by atoms with E-state index in [1.54, 1.807) is 7.11 Å². The summed E-state index contributed by atoms with van der Waals surface area (Å²) in [6.45, 7) is 17.8. The van der Waals surface area contributed by atoms with Crippen LogP contribution in [0.2, 0.25) is 0 Å². The molecule has 1 unspecified atom stereocenters. The van der Waals surface area contributed by atoms with Crippen molar-refractivity contribution in [1.29, 1.82) is 0 Å². The van der Waals surface area contributed by atoms with Crippen molar-refractivity contribution in [1.82, 2.24) is 0 Å². The lowest BCUT2D eigenvalue weighted by Crippen LogP contribution is -2.20. The van der Waals surface area contributed by atoms with Crippen molar-refractivity contribution in [2.24, 2.45) is 5.41 Å². The van der Waals surface area contributed by atoms with Crippen LogP contribution < -0.4 is 9.47 Å². The van der Waals surface area contributed by atoms with Gasteiger partial charge in [-0.05, 0) is 42.2 Å². The van der Waals surface area contributed by atoms with Crippen LogP contribution in [-0.4, -0.2) is 13.2 Å². The lowest BCUT2D eigenvalue weighted by molar-refractivity contribution is 0.178. The molecule has 0 saturated heterocycles. The first kappa shape index (κ1) is 23.6. The van der Waals surface area contributed by atoms with Crippen molar-refractivity contribution in [2.45, 2.75) is 99.0 Å². The summed E-state index contributed by atoms with van der Waals surface area (Å²) in [6.07, 6.45) is 10.6. The second-order valence-corrected chi connectivity index (χ2v) is 9.68. The Morgan fingerprint density at radius 2 is 1.63 bits per heavy atom. The molecule has 0 heterocycles. The van der Waals surface area contributed by atoms with Gasteiger partial charge in [-0.2, -0.15) is 0 Å². The molecule has 27 heavy (non-hydrogen) atoms. The Labute approximate surface area is 168 Å². The summed E-state index contributed by atoms with van der Waals surface area (Å²) in [5, 5.41) is 0. The molecule has 1 aromatic carbocycles. The zero-order valence-electron chi connectivity index (χ0n) is 19.2. The van der Waals surface area contributed by atoms with E-state index in [0.29, 0.717) is 0 Å². The van der Waals surface area contributed by atoms with Gasteiger partial charge >= 0.3 is 0 Å². The molecule has 1 atom stereocenters. The molecule has 2 nitrogen and oxygen atoms in total. The van der Waals surface area contributed by atoms with Gasteiger partial charge in [0.1, 0.15) is 11.5 Å². The molecule has 1 aromatic rings. The topological polar surface area (TPSA) is 18.5 Å². The molecule has 0 aliphatic carbocycles. The Hall–Kier alpha value is -1.44. The lowest BCUT2D eigenvalue weighted by atomic mass is 9.85. The van der Waals surface area contributed by atoms with E-state index in [4.69, 9.17) is 9.47 Å². The van der Waals surface area contributed by atoms with Gasteiger partial charge in [0, 0.05) is 11.1 Å². The molecule has 0 radical (unpaired) electrons. The first-order valence-electron chi connectivity index (χ1n) is 10.6. The van der Waals surface area contributed by atoms with Gasteiger partial charge in [0.25, 0.3) is 0 Å². The van der Waals surface area contributed by atoms with Crippen LogP contribution in [0.15, 0.2) is 18.2 Å². The van der Waals surface area contributed by atoms with E-state index in [1.165, 1.54) is 24.8 Å². The monoisotopic (exact) mass is 374 g/mol. The van der Waals surface area contributed by atoms with Crippen molar-refractivity contribution in [2.75, 3.05) is 7.11 Å². The first-order chi connectivity index (χ1) is 12.5. The molecule has 1 rings (SSSR count). The van der Waals surface area contributed by atoms with E-state index in [-0.39, 0.29) is 16.9 Å². The van der Waals surface area contributed by atoms with E-state index in [1.807, 2.05) is 0 Å². The van der Waals surface area contributed by atoms with E-state index in [9.17, 15) is 0 Å². The highest BCUT2D eigenvalue weighted by atomic mass is 16.5. The predicted molar refractivity (Wildman–Crippen MR) is 119 cm³/mol.